The van der Waals surface area contributed by atoms with Crippen molar-refractivity contribution in [3.05, 3.63) is 72.3 Å². The van der Waals surface area contributed by atoms with Gasteiger partial charge in [0, 0.05) is 31.2 Å². The lowest BCUT2D eigenvalue weighted by Gasteiger charge is -2.37. The molecule has 7 nitrogen and oxygen atoms in total. The summed E-state index contributed by atoms with van der Waals surface area (Å²) in [5.74, 6) is 0.0433. The number of likely N-dealkylation sites (N-methyl/N-ethyl adjacent to an activating group) is 1. The SMILES string of the molecule is CN(CCc1ccccc1)C1CCN(C(=O)c2ccc(N)c(-n3cncn3)c2)CC1.Cl. The predicted octanol–water partition coefficient (Wildman–Crippen LogP) is 3.05. The van der Waals surface area contributed by atoms with Crippen LogP contribution in [0.5, 0.6) is 0 Å². The summed E-state index contributed by atoms with van der Waals surface area (Å²) in [6, 6.07) is 16.4. The average Bonchev–Trinajstić information content (AvgIpc) is 3.33. The number of likely N-dealkylation sites (tertiary alicyclic amines) is 1. The van der Waals surface area contributed by atoms with Crippen LogP contribution < -0.4 is 5.73 Å². The lowest BCUT2D eigenvalue weighted by molar-refractivity contribution is 0.0647. The molecule has 1 aliphatic heterocycles. The van der Waals surface area contributed by atoms with Crippen LogP contribution in [-0.2, 0) is 6.42 Å². The highest BCUT2D eigenvalue weighted by Gasteiger charge is 2.26. The maximum absolute atomic E-state index is 13.0. The first kappa shape index (κ1) is 22.8. The molecule has 2 heterocycles. The van der Waals surface area contributed by atoms with Crippen LogP contribution in [0.4, 0.5) is 5.69 Å². The largest absolute Gasteiger partial charge is 0.397 e. The van der Waals surface area contributed by atoms with Crippen molar-refractivity contribution in [1.29, 1.82) is 0 Å². The van der Waals surface area contributed by atoms with Gasteiger partial charge in [0.05, 0.1) is 11.4 Å². The molecule has 0 aliphatic carbocycles. The van der Waals surface area contributed by atoms with E-state index in [1.165, 1.54) is 11.9 Å². The van der Waals surface area contributed by atoms with Crippen LogP contribution in [0, 0.1) is 0 Å². The van der Waals surface area contributed by atoms with E-state index in [1.807, 2.05) is 4.90 Å². The lowest BCUT2D eigenvalue weighted by atomic mass is 10.0. The summed E-state index contributed by atoms with van der Waals surface area (Å²) in [6.07, 6.45) is 6.06. The molecule has 8 heteroatoms. The van der Waals surface area contributed by atoms with Gasteiger partial charge in [-0.2, -0.15) is 5.10 Å². The summed E-state index contributed by atoms with van der Waals surface area (Å²) >= 11 is 0. The number of amides is 1. The molecule has 2 N–H and O–H groups in total. The van der Waals surface area contributed by atoms with Crippen LogP contribution in [0.3, 0.4) is 0 Å². The fourth-order valence-corrected chi connectivity index (χ4v) is 4.03. The Kier molecular flexibility index (Phi) is 7.65. The van der Waals surface area contributed by atoms with Crippen molar-refractivity contribution in [3.63, 3.8) is 0 Å². The van der Waals surface area contributed by atoms with E-state index in [0.29, 0.717) is 23.0 Å². The fraction of sp³-hybridized carbons (Fsp3) is 0.348. The Bertz CT molecular complexity index is 971. The van der Waals surface area contributed by atoms with Gasteiger partial charge in [0.15, 0.2) is 0 Å². The Morgan fingerprint density at radius 1 is 1.16 bits per heavy atom. The average molecular weight is 441 g/mol. The highest BCUT2D eigenvalue weighted by Crippen LogP contribution is 2.22. The molecule has 1 saturated heterocycles. The number of hydrogen-bond donors (Lipinski definition) is 1. The molecule has 31 heavy (non-hydrogen) atoms. The molecule has 0 radical (unpaired) electrons. The van der Waals surface area contributed by atoms with Crippen LogP contribution >= 0.6 is 12.4 Å². The third-order valence-corrected chi connectivity index (χ3v) is 5.91. The molecule has 0 atom stereocenters. The first-order valence-corrected chi connectivity index (χ1v) is 10.4. The van der Waals surface area contributed by atoms with Gasteiger partial charge in [-0.15, -0.1) is 12.4 Å². The van der Waals surface area contributed by atoms with E-state index in [0.717, 1.165) is 38.9 Å². The lowest BCUT2D eigenvalue weighted by Crippen LogP contribution is -2.46. The van der Waals surface area contributed by atoms with Gasteiger partial charge in [0.1, 0.15) is 12.7 Å². The number of piperidine rings is 1. The van der Waals surface area contributed by atoms with E-state index in [2.05, 4.69) is 52.4 Å². The van der Waals surface area contributed by atoms with Crippen molar-refractivity contribution in [2.75, 3.05) is 32.4 Å². The highest BCUT2D eigenvalue weighted by molar-refractivity contribution is 5.95. The summed E-state index contributed by atoms with van der Waals surface area (Å²) in [5, 5.41) is 4.12. The molecule has 1 amide bonds. The van der Waals surface area contributed by atoms with E-state index < -0.39 is 0 Å². The van der Waals surface area contributed by atoms with Crippen molar-refractivity contribution in [3.8, 4) is 5.69 Å². The van der Waals surface area contributed by atoms with Gasteiger partial charge in [-0.05, 0) is 50.1 Å². The zero-order valence-electron chi connectivity index (χ0n) is 17.7. The second kappa shape index (κ2) is 10.4. The normalized spacial score (nSPS) is 14.5. The minimum Gasteiger partial charge on any atom is -0.397 e. The van der Waals surface area contributed by atoms with Crippen LogP contribution in [0.2, 0.25) is 0 Å². The minimum absolute atomic E-state index is 0. The smallest absolute Gasteiger partial charge is 0.253 e. The zero-order valence-corrected chi connectivity index (χ0v) is 18.5. The summed E-state index contributed by atoms with van der Waals surface area (Å²) in [5.41, 5.74) is 9.30. The first-order chi connectivity index (χ1) is 14.6. The van der Waals surface area contributed by atoms with E-state index in [4.69, 9.17) is 5.73 Å². The van der Waals surface area contributed by atoms with E-state index in [-0.39, 0.29) is 18.3 Å². The van der Waals surface area contributed by atoms with Crippen LogP contribution in [0.15, 0.2) is 61.2 Å². The van der Waals surface area contributed by atoms with Gasteiger partial charge < -0.3 is 15.5 Å². The van der Waals surface area contributed by atoms with E-state index in [1.54, 1.807) is 29.2 Å². The van der Waals surface area contributed by atoms with E-state index >= 15 is 0 Å². The number of aromatic nitrogens is 3. The molecule has 164 valence electrons. The number of carbonyl (C=O) groups is 1. The number of rotatable bonds is 6. The maximum atomic E-state index is 13.0. The summed E-state index contributed by atoms with van der Waals surface area (Å²) in [6.45, 7) is 2.56. The van der Waals surface area contributed by atoms with Crippen molar-refractivity contribution in [1.82, 2.24) is 24.6 Å². The van der Waals surface area contributed by atoms with Crippen molar-refractivity contribution < 1.29 is 4.79 Å². The number of nitrogens with two attached hydrogens (primary N) is 1. The molecule has 0 spiro atoms. The van der Waals surface area contributed by atoms with Gasteiger partial charge in [-0.1, -0.05) is 30.3 Å². The molecule has 1 fully saturated rings. The number of nitrogens with zero attached hydrogens (tertiary/aromatic N) is 5. The second-order valence-corrected chi connectivity index (χ2v) is 7.85. The summed E-state index contributed by atoms with van der Waals surface area (Å²) in [7, 11) is 2.19. The monoisotopic (exact) mass is 440 g/mol. The fourth-order valence-electron chi connectivity index (χ4n) is 4.03. The molecule has 4 rings (SSSR count). The Hall–Kier alpha value is -2.90. The third-order valence-electron chi connectivity index (χ3n) is 5.91. The number of anilines is 1. The van der Waals surface area contributed by atoms with Crippen molar-refractivity contribution in [2.24, 2.45) is 0 Å². The molecule has 1 aromatic heterocycles. The summed E-state index contributed by atoms with van der Waals surface area (Å²) in [4.78, 5) is 21.4. The van der Waals surface area contributed by atoms with Gasteiger partial charge in [-0.3, -0.25) is 4.79 Å². The molecular weight excluding hydrogens is 412 g/mol. The van der Waals surface area contributed by atoms with Crippen molar-refractivity contribution in [2.45, 2.75) is 25.3 Å². The molecule has 0 saturated carbocycles. The minimum atomic E-state index is 0. The second-order valence-electron chi connectivity index (χ2n) is 7.85. The van der Waals surface area contributed by atoms with Gasteiger partial charge in [0.25, 0.3) is 5.91 Å². The molecule has 3 aromatic rings. The number of benzene rings is 2. The zero-order chi connectivity index (χ0) is 20.9. The number of carbonyl (C=O) groups excluding carboxylic acids is 1. The first-order valence-electron chi connectivity index (χ1n) is 10.4. The number of nitrogen functional groups attached to an aromatic ring is 1. The van der Waals surface area contributed by atoms with Crippen molar-refractivity contribution >= 4 is 24.0 Å². The Labute approximate surface area is 189 Å². The van der Waals surface area contributed by atoms with Gasteiger partial charge in [-0.25, -0.2) is 9.67 Å². The van der Waals surface area contributed by atoms with E-state index in [9.17, 15) is 4.79 Å². The van der Waals surface area contributed by atoms with Gasteiger partial charge in [0.2, 0.25) is 0 Å². The molecule has 0 bridgehead atoms. The Balaban J connectivity index is 0.00000272. The van der Waals surface area contributed by atoms with Crippen LogP contribution in [0.25, 0.3) is 5.69 Å². The third kappa shape index (κ3) is 5.42. The Morgan fingerprint density at radius 2 is 1.90 bits per heavy atom. The summed E-state index contributed by atoms with van der Waals surface area (Å²) < 4.78 is 1.58. The molecule has 1 aliphatic rings. The predicted molar refractivity (Wildman–Crippen MR) is 125 cm³/mol. The quantitative estimate of drug-likeness (QED) is 0.596. The number of hydrogen-bond acceptors (Lipinski definition) is 5. The van der Waals surface area contributed by atoms with Gasteiger partial charge >= 0.3 is 0 Å². The van der Waals surface area contributed by atoms with Crippen LogP contribution in [-0.4, -0.2) is 63.2 Å². The highest BCUT2D eigenvalue weighted by atomic mass is 35.5. The topological polar surface area (TPSA) is 80.3 Å². The standard InChI is InChI=1S/C23H28N6O.ClH/c1-27(12-9-18-5-3-2-4-6-18)20-10-13-28(14-11-20)23(30)19-7-8-21(24)22(15-19)29-17-25-16-26-29;/h2-8,15-17,20H,9-14,24H2,1H3;1H. The molecular formula is C23H29ClN6O. The van der Waals surface area contributed by atoms with Crippen LogP contribution in [0.1, 0.15) is 28.8 Å². The molecule has 2 aromatic carbocycles. The number of halogens is 1. The maximum Gasteiger partial charge on any atom is 0.253 e. The molecule has 0 unspecified atom stereocenters. The Morgan fingerprint density at radius 3 is 2.58 bits per heavy atom.